The number of allylic oxidation sites excluding steroid dienone is 4. The second-order valence-corrected chi connectivity index (χ2v) is 26.4. The molecule has 0 rings (SSSR count). The first-order valence-corrected chi connectivity index (χ1v) is 37.6. The second-order valence-electron chi connectivity index (χ2n) is 23.5. The number of hydrogen-bond donors (Lipinski definition) is 3. The Kier molecular flexibility index (Phi) is 59.6. The summed E-state index contributed by atoms with van der Waals surface area (Å²) in [5.41, 5.74) is 0. The summed E-state index contributed by atoms with van der Waals surface area (Å²) in [5.74, 6) is -2.18. The van der Waals surface area contributed by atoms with Crippen LogP contribution in [-0.4, -0.2) is 96.7 Å². The van der Waals surface area contributed by atoms with Gasteiger partial charge in [-0.25, -0.2) is 9.13 Å². The lowest BCUT2D eigenvalue weighted by Gasteiger charge is -2.21. The number of unbranched alkanes of at least 4 members (excludes halogenated alkanes) is 37. The SMILES string of the molecule is CCCCCC/C=C\C=C/CCCCCCCC(=O)OC[C@H](COP(=O)(O)OC[C@@H](O)COP(=O)(O)OC[C@@H](COC(=O)CCCCCCC)OC(=O)CCCCCCC)OC(=O)CCCCCCCCCCCCCCCCCCCCCCC. The summed E-state index contributed by atoms with van der Waals surface area (Å²) in [6.07, 6.45) is 51.8. The fourth-order valence-electron chi connectivity index (χ4n) is 9.62. The summed E-state index contributed by atoms with van der Waals surface area (Å²) in [5, 5.41) is 10.5. The molecule has 86 heavy (non-hydrogen) atoms. The number of phosphoric ester groups is 2. The summed E-state index contributed by atoms with van der Waals surface area (Å²) in [7, 11) is -9.88. The van der Waals surface area contributed by atoms with Gasteiger partial charge in [0, 0.05) is 25.7 Å². The van der Waals surface area contributed by atoms with Crippen molar-refractivity contribution in [3.05, 3.63) is 24.3 Å². The van der Waals surface area contributed by atoms with E-state index in [4.69, 9.17) is 37.0 Å². The van der Waals surface area contributed by atoms with Gasteiger partial charge in [-0.05, 0) is 51.4 Å². The third-order valence-corrected chi connectivity index (χ3v) is 16.9. The predicted molar refractivity (Wildman–Crippen MR) is 345 cm³/mol. The molecule has 17 nitrogen and oxygen atoms in total. The quantitative estimate of drug-likeness (QED) is 0.0169. The zero-order valence-electron chi connectivity index (χ0n) is 54.8. The van der Waals surface area contributed by atoms with E-state index >= 15 is 0 Å². The number of carbonyl (C=O) groups excluding carboxylic acids is 4. The minimum Gasteiger partial charge on any atom is -0.462 e. The van der Waals surface area contributed by atoms with Crippen LogP contribution in [0, 0.1) is 0 Å². The van der Waals surface area contributed by atoms with E-state index in [-0.39, 0.29) is 25.7 Å². The smallest absolute Gasteiger partial charge is 0.462 e. The van der Waals surface area contributed by atoms with Gasteiger partial charge >= 0.3 is 39.5 Å². The minimum atomic E-state index is -4.95. The molecular formula is C67H126O17P2. The molecule has 0 saturated carbocycles. The number of aliphatic hydroxyl groups excluding tert-OH is 1. The van der Waals surface area contributed by atoms with Gasteiger partial charge in [-0.1, -0.05) is 270 Å². The van der Waals surface area contributed by atoms with Gasteiger partial charge in [-0.3, -0.25) is 37.3 Å². The van der Waals surface area contributed by atoms with Gasteiger partial charge in [0.2, 0.25) is 0 Å². The van der Waals surface area contributed by atoms with Crippen LogP contribution in [0.4, 0.5) is 0 Å². The van der Waals surface area contributed by atoms with E-state index in [9.17, 15) is 43.2 Å². The molecule has 0 aromatic heterocycles. The Hall–Kier alpha value is -2.46. The Morgan fingerprint density at radius 3 is 0.849 bits per heavy atom. The Morgan fingerprint density at radius 1 is 0.326 bits per heavy atom. The van der Waals surface area contributed by atoms with Crippen molar-refractivity contribution in [1.82, 2.24) is 0 Å². The molecule has 0 aliphatic heterocycles. The largest absolute Gasteiger partial charge is 0.472 e. The van der Waals surface area contributed by atoms with Gasteiger partial charge in [-0.15, -0.1) is 0 Å². The first-order chi connectivity index (χ1) is 41.7. The molecule has 19 heteroatoms. The van der Waals surface area contributed by atoms with E-state index in [1.807, 2.05) is 0 Å². The molecule has 0 aromatic carbocycles. The average molecular weight is 1270 g/mol. The summed E-state index contributed by atoms with van der Waals surface area (Å²) in [6, 6.07) is 0. The van der Waals surface area contributed by atoms with Crippen molar-refractivity contribution < 1.29 is 80.2 Å². The molecule has 0 bridgehead atoms. The molecule has 0 fully saturated rings. The van der Waals surface area contributed by atoms with Crippen LogP contribution in [0.15, 0.2) is 24.3 Å². The Labute approximate surface area is 522 Å². The maximum Gasteiger partial charge on any atom is 0.472 e. The Morgan fingerprint density at radius 2 is 0.558 bits per heavy atom. The number of phosphoric acid groups is 2. The molecule has 0 spiro atoms. The summed E-state index contributed by atoms with van der Waals surface area (Å²) >= 11 is 0. The Balaban J connectivity index is 5.08. The molecule has 0 saturated heterocycles. The third kappa shape index (κ3) is 60.5. The van der Waals surface area contributed by atoms with Gasteiger partial charge in [0.15, 0.2) is 12.2 Å². The molecule has 2 unspecified atom stereocenters. The fraction of sp³-hybridized carbons (Fsp3) is 0.881. The van der Waals surface area contributed by atoms with Crippen LogP contribution < -0.4 is 0 Å². The number of aliphatic hydroxyl groups is 1. The molecule has 0 radical (unpaired) electrons. The van der Waals surface area contributed by atoms with E-state index in [0.717, 1.165) is 116 Å². The fourth-order valence-corrected chi connectivity index (χ4v) is 11.2. The summed E-state index contributed by atoms with van der Waals surface area (Å²) < 4.78 is 67.6. The van der Waals surface area contributed by atoms with Crippen molar-refractivity contribution in [2.45, 2.75) is 341 Å². The van der Waals surface area contributed by atoms with Crippen LogP contribution in [0.5, 0.6) is 0 Å². The van der Waals surface area contributed by atoms with E-state index in [1.54, 1.807) is 0 Å². The van der Waals surface area contributed by atoms with Gasteiger partial charge in [0.1, 0.15) is 19.3 Å². The van der Waals surface area contributed by atoms with Crippen molar-refractivity contribution in [3.8, 4) is 0 Å². The average Bonchev–Trinajstić information content (AvgIpc) is 3.71. The zero-order chi connectivity index (χ0) is 63.3. The molecule has 0 heterocycles. The van der Waals surface area contributed by atoms with Crippen LogP contribution in [0.3, 0.4) is 0 Å². The van der Waals surface area contributed by atoms with Crippen molar-refractivity contribution in [2.75, 3.05) is 39.6 Å². The number of esters is 4. The van der Waals surface area contributed by atoms with Crippen LogP contribution in [0.2, 0.25) is 0 Å². The molecule has 506 valence electrons. The van der Waals surface area contributed by atoms with E-state index in [2.05, 4.69) is 52.0 Å². The van der Waals surface area contributed by atoms with Gasteiger partial charge in [0.25, 0.3) is 0 Å². The molecule has 0 aromatic rings. The summed E-state index contributed by atoms with van der Waals surface area (Å²) in [4.78, 5) is 71.7. The highest BCUT2D eigenvalue weighted by Crippen LogP contribution is 2.45. The lowest BCUT2D eigenvalue weighted by Crippen LogP contribution is -2.30. The van der Waals surface area contributed by atoms with Crippen molar-refractivity contribution in [1.29, 1.82) is 0 Å². The highest BCUT2D eigenvalue weighted by atomic mass is 31.2. The predicted octanol–water partition coefficient (Wildman–Crippen LogP) is 18.7. The van der Waals surface area contributed by atoms with Crippen molar-refractivity contribution in [2.24, 2.45) is 0 Å². The molecule has 0 aliphatic carbocycles. The van der Waals surface area contributed by atoms with Crippen LogP contribution >= 0.6 is 15.6 Å². The number of hydrogen-bond acceptors (Lipinski definition) is 15. The Bertz CT molecular complexity index is 1750. The molecular weight excluding hydrogens is 1140 g/mol. The number of carbonyl (C=O) groups is 4. The standard InChI is InChI=1S/C67H126O17P2/c1-5-9-13-17-19-21-23-25-27-28-29-30-31-32-34-36-38-40-42-46-50-54-67(72)84-63(58-78-65(70)52-48-45-41-39-37-35-33-26-24-22-20-18-14-10-6-2)60-82-86(75,76)80-56-61(68)55-79-85(73,74)81-59-62(83-66(71)53-49-44-16-12-8-4)57-77-64(69)51-47-43-15-11-7-3/h22,24,26,33,61-63,68H,5-21,23,25,27-32,34-60H2,1-4H3,(H,73,74)(H,75,76)/b24-22-,33-26-/t61-,62+,63+/m0/s1. The summed E-state index contributed by atoms with van der Waals surface area (Å²) in [6.45, 7) is 4.66. The second kappa shape index (κ2) is 61.4. The number of ether oxygens (including phenoxy) is 4. The normalized spacial score (nSPS) is 14.3. The van der Waals surface area contributed by atoms with Crippen molar-refractivity contribution in [3.63, 3.8) is 0 Å². The first-order valence-electron chi connectivity index (χ1n) is 34.6. The lowest BCUT2D eigenvalue weighted by molar-refractivity contribution is -0.161. The molecule has 0 aliphatic rings. The highest BCUT2D eigenvalue weighted by molar-refractivity contribution is 7.47. The first kappa shape index (κ1) is 83.5. The van der Waals surface area contributed by atoms with Gasteiger partial charge in [0.05, 0.1) is 26.4 Å². The molecule has 5 atom stereocenters. The highest BCUT2D eigenvalue weighted by Gasteiger charge is 2.30. The monoisotopic (exact) mass is 1260 g/mol. The van der Waals surface area contributed by atoms with E-state index in [1.165, 1.54) is 128 Å². The van der Waals surface area contributed by atoms with Crippen LogP contribution in [0.1, 0.15) is 323 Å². The zero-order valence-corrected chi connectivity index (χ0v) is 56.6. The molecule has 3 N–H and O–H groups in total. The van der Waals surface area contributed by atoms with Crippen LogP contribution in [-0.2, 0) is 65.4 Å². The topological polar surface area (TPSA) is 237 Å². The van der Waals surface area contributed by atoms with Gasteiger partial charge < -0.3 is 33.8 Å². The molecule has 0 amide bonds. The van der Waals surface area contributed by atoms with Crippen LogP contribution in [0.25, 0.3) is 0 Å². The lowest BCUT2D eigenvalue weighted by atomic mass is 10.0. The third-order valence-electron chi connectivity index (χ3n) is 15.0. The van der Waals surface area contributed by atoms with E-state index in [0.29, 0.717) is 25.7 Å². The maximum absolute atomic E-state index is 13.0. The van der Waals surface area contributed by atoms with E-state index < -0.39 is 97.5 Å². The van der Waals surface area contributed by atoms with Crippen molar-refractivity contribution >= 4 is 39.5 Å². The maximum atomic E-state index is 13.0. The number of rotatable bonds is 66. The van der Waals surface area contributed by atoms with Gasteiger partial charge in [-0.2, -0.15) is 0 Å². The minimum absolute atomic E-state index is 0.0968.